The largest absolute Gasteiger partial charge is 0.497 e. The molecule has 0 aliphatic carbocycles. The third-order valence-electron chi connectivity index (χ3n) is 4.83. The minimum absolute atomic E-state index is 0.0264. The summed E-state index contributed by atoms with van der Waals surface area (Å²) in [5.41, 5.74) is 1.19. The average Bonchev–Trinajstić information content (AvgIpc) is 2.73. The second-order valence-corrected chi connectivity index (χ2v) is 8.39. The molecule has 2 aromatic rings. The summed E-state index contributed by atoms with van der Waals surface area (Å²) in [5.74, 6) is 0.989. The number of fused-ring (bicyclic) bond motifs is 1. The van der Waals surface area contributed by atoms with Gasteiger partial charge in [0.2, 0.25) is 0 Å². The summed E-state index contributed by atoms with van der Waals surface area (Å²) < 4.78 is 39.6. The lowest BCUT2D eigenvalue weighted by Gasteiger charge is -2.29. The van der Waals surface area contributed by atoms with Crippen molar-refractivity contribution in [2.24, 2.45) is 4.40 Å². The molecule has 0 aromatic heterocycles. The standard InChI is InChI=1S/C21H25N3O5S/c1-5-6-11-24-14(2)23-30(26,27)20-12-15(7-10-18(20)24)21(25)22-17-9-8-16(28-3)13-19(17)29-4/h7-10,12-13H,5-6,11H2,1-4H3,(H,22,25). The first-order valence-corrected chi connectivity index (χ1v) is 11.0. The molecule has 2 aromatic carbocycles. The van der Waals surface area contributed by atoms with Crippen molar-refractivity contribution in [3.63, 3.8) is 0 Å². The molecule has 0 unspecified atom stereocenters. The van der Waals surface area contributed by atoms with Crippen molar-refractivity contribution in [1.29, 1.82) is 0 Å². The van der Waals surface area contributed by atoms with Crippen LogP contribution in [0.2, 0.25) is 0 Å². The molecule has 8 nitrogen and oxygen atoms in total. The molecule has 0 saturated heterocycles. The Morgan fingerprint density at radius 1 is 1.13 bits per heavy atom. The number of nitrogens with one attached hydrogen (secondary N) is 1. The molecule has 3 rings (SSSR count). The van der Waals surface area contributed by atoms with Crippen LogP contribution in [0.25, 0.3) is 0 Å². The highest BCUT2D eigenvalue weighted by Crippen LogP contribution is 2.34. The average molecular weight is 432 g/mol. The molecular weight excluding hydrogens is 406 g/mol. The Morgan fingerprint density at radius 2 is 1.90 bits per heavy atom. The van der Waals surface area contributed by atoms with Crippen molar-refractivity contribution in [3.05, 3.63) is 42.0 Å². The van der Waals surface area contributed by atoms with Gasteiger partial charge in [0.25, 0.3) is 15.9 Å². The molecule has 160 valence electrons. The van der Waals surface area contributed by atoms with Crippen LogP contribution in [-0.2, 0) is 10.0 Å². The van der Waals surface area contributed by atoms with Crippen LogP contribution in [0.5, 0.6) is 11.5 Å². The second kappa shape index (κ2) is 8.74. The predicted molar refractivity (Wildman–Crippen MR) is 116 cm³/mol. The van der Waals surface area contributed by atoms with E-state index in [4.69, 9.17) is 9.47 Å². The van der Waals surface area contributed by atoms with E-state index in [9.17, 15) is 13.2 Å². The van der Waals surface area contributed by atoms with Crippen LogP contribution in [0, 0.1) is 0 Å². The number of nitrogens with zero attached hydrogens (tertiary/aromatic N) is 2. The summed E-state index contributed by atoms with van der Waals surface area (Å²) in [4.78, 5) is 14.7. The van der Waals surface area contributed by atoms with Gasteiger partial charge in [-0.25, -0.2) is 0 Å². The Bertz CT molecular complexity index is 1100. The Balaban J connectivity index is 1.94. The molecule has 0 spiro atoms. The Hall–Kier alpha value is -3.07. The minimum Gasteiger partial charge on any atom is -0.497 e. The maximum Gasteiger partial charge on any atom is 0.286 e. The van der Waals surface area contributed by atoms with Gasteiger partial charge in [-0.3, -0.25) is 4.79 Å². The number of methoxy groups -OCH3 is 2. The van der Waals surface area contributed by atoms with Crippen LogP contribution in [0.4, 0.5) is 11.4 Å². The van der Waals surface area contributed by atoms with Gasteiger partial charge in [0.15, 0.2) is 0 Å². The number of hydrogen-bond acceptors (Lipinski definition) is 6. The SMILES string of the molecule is CCCCN1C(C)=NS(=O)(=O)c2cc(C(=O)Nc3ccc(OC)cc3OC)ccc21. The fraction of sp³-hybridized carbons (Fsp3) is 0.333. The van der Waals surface area contributed by atoms with Gasteiger partial charge in [-0.05, 0) is 43.7 Å². The molecule has 30 heavy (non-hydrogen) atoms. The molecule has 0 bridgehead atoms. The van der Waals surface area contributed by atoms with Crippen LogP contribution in [0.1, 0.15) is 37.0 Å². The number of rotatable bonds is 7. The van der Waals surface area contributed by atoms with Gasteiger partial charge in [-0.15, -0.1) is 4.40 Å². The highest BCUT2D eigenvalue weighted by atomic mass is 32.2. The van der Waals surface area contributed by atoms with E-state index < -0.39 is 15.9 Å². The molecule has 1 aliphatic heterocycles. The summed E-state index contributed by atoms with van der Waals surface area (Å²) in [6, 6.07) is 9.63. The fourth-order valence-electron chi connectivity index (χ4n) is 3.23. The quantitative estimate of drug-likeness (QED) is 0.718. The number of amidine groups is 1. The summed E-state index contributed by atoms with van der Waals surface area (Å²) >= 11 is 0. The van der Waals surface area contributed by atoms with E-state index in [0.717, 1.165) is 12.8 Å². The van der Waals surface area contributed by atoms with E-state index in [1.807, 2.05) is 4.90 Å². The first-order chi connectivity index (χ1) is 14.3. The molecule has 0 saturated carbocycles. The van der Waals surface area contributed by atoms with Crippen LogP contribution in [0.15, 0.2) is 45.7 Å². The molecule has 0 atom stereocenters. The number of amides is 1. The van der Waals surface area contributed by atoms with Crippen molar-refractivity contribution in [3.8, 4) is 11.5 Å². The fourth-order valence-corrected chi connectivity index (χ4v) is 4.49. The Kier molecular flexibility index (Phi) is 6.31. The van der Waals surface area contributed by atoms with Gasteiger partial charge in [0.05, 0.1) is 25.6 Å². The van der Waals surface area contributed by atoms with E-state index in [1.165, 1.54) is 20.3 Å². The molecule has 0 radical (unpaired) electrons. The molecule has 0 fully saturated rings. The zero-order chi connectivity index (χ0) is 21.9. The first-order valence-electron chi connectivity index (χ1n) is 9.57. The van der Waals surface area contributed by atoms with Crippen molar-refractivity contribution < 1.29 is 22.7 Å². The van der Waals surface area contributed by atoms with E-state index >= 15 is 0 Å². The first kappa shape index (κ1) is 21.6. The van der Waals surface area contributed by atoms with E-state index in [1.54, 1.807) is 37.3 Å². The maximum atomic E-state index is 12.8. The lowest BCUT2D eigenvalue weighted by molar-refractivity contribution is 0.102. The maximum absolute atomic E-state index is 12.8. The van der Waals surface area contributed by atoms with Crippen molar-refractivity contribution in [2.45, 2.75) is 31.6 Å². The van der Waals surface area contributed by atoms with E-state index in [-0.39, 0.29) is 10.5 Å². The summed E-state index contributed by atoms with van der Waals surface area (Å²) in [7, 11) is -0.851. The van der Waals surface area contributed by atoms with Gasteiger partial charge in [0.1, 0.15) is 22.2 Å². The normalized spacial score (nSPS) is 14.5. The van der Waals surface area contributed by atoms with Crippen molar-refractivity contribution in [1.82, 2.24) is 0 Å². The van der Waals surface area contributed by atoms with Gasteiger partial charge in [-0.1, -0.05) is 13.3 Å². The van der Waals surface area contributed by atoms with Crippen LogP contribution in [0.3, 0.4) is 0 Å². The number of anilines is 2. The second-order valence-electron chi connectivity index (χ2n) is 6.82. The zero-order valence-electron chi connectivity index (χ0n) is 17.4. The van der Waals surface area contributed by atoms with Gasteiger partial charge < -0.3 is 19.7 Å². The summed E-state index contributed by atoms with van der Waals surface area (Å²) in [6.07, 6.45) is 1.86. The Morgan fingerprint density at radius 3 is 2.57 bits per heavy atom. The number of hydrogen-bond donors (Lipinski definition) is 1. The van der Waals surface area contributed by atoms with Gasteiger partial charge in [0, 0.05) is 18.2 Å². The lowest BCUT2D eigenvalue weighted by Crippen LogP contribution is -2.34. The molecule has 9 heteroatoms. The van der Waals surface area contributed by atoms with Gasteiger partial charge in [-0.2, -0.15) is 8.42 Å². The predicted octanol–water partition coefficient (Wildman–Crippen LogP) is 3.68. The van der Waals surface area contributed by atoms with Crippen LogP contribution in [-0.4, -0.2) is 40.9 Å². The topological polar surface area (TPSA) is 97.3 Å². The molecule has 1 amide bonds. The number of carbonyl (C=O) groups excluding carboxylic acids is 1. The molecule has 1 heterocycles. The van der Waals surface area contributed by atoms with Crippen LogP contribution >= 0.6 is 0 Å². The number of unbranched alkanes of at least 4 members (excludes halogenated alkanes) is 1. The van der Waals surface area contributed by atoms with Gasteiger partial charge >= 0.3 is 0 Å². The third kappa shape index (κ3) is 4.25. The zero-order valence-corrected chi connectivity index (χ0v) is 18.2. The number of sulfonamides is 1. The molecule has 1 aliphatic rings. The van der Waals surface area contributed by atoms with Crippen LogP contribution < -0.4 is 19.7 Å². The number of carbonyl (C=O) groups is 1. The number of benzene rings is 2. The molecular formula is C21H25N3O5S. The monoisotopic (exact) mass is 431 g/mol. The summed E-state index contributed by atoms with van der Waals surface area (Å²) in [6.45, 7) is 4.39. The Labute approximate surface area is 176 Å². The van der Waals surface area contributed by atoms with E-state index in [0.29, 0.717) is 35.3 Å². The number of ether oxygens (including phenoxy) is 2. The van der Waals surface area contributed by atoms with E-state index in [2.05, 4.69) is 16.6 Å². The lowest BCUT2D eigenvalue weighted by atomic mass is 10.1. The summed E-state index contributed by atoms with van der Waals surface area (Å²) in [5, 5.41) is 2.75. The van der Waals surface area contributed by atoms with Crippen molar-refractivity contribution >= 4 is 33.1 Å². The smallest absolute Gasteiger partial charge is 0.286 e. The minimum atomic E-state index is -3.87. The highest BCUT2D eigenvalue weighted by Gasteiger charge is 2.29. The highest BCUT2D eigenvalue weighted by molar-refractivity contribution is 7.90. The van der Waals surface area contributed by atoms with Crippen molar-refractivity contribution in [2.75, 3.05) is 31.0 Å². The third-order valence-corrected chi connectivity index (χ3v) is 6.21. The molecule has 1 N–H and O–H groups in total.